The lowest BCUT2D eigenvalue weighted by Crippen LogP contribution is -2.47. The summed E-state index contributed by atoms with van der Waals surface area (Å²) in [5.74, 6) is 0.411. The molecule has 1 heterocycles. The summed E-state index contributed by atoms with van der Waals surface area (Å²) in [6, 6.07) is 7.00. The Morgan fingerprint density at radius 2 is 2.21 bits per heavy atom. The maximum absolute atomic E-state index is 12.1. The van der Waals surface area contributed by atoms with Crippen LogP contribution in [0.5, 0.6) is 5.75 Å². The number of aliphatic hydroxyl groups excluding tert-OH is 1. The van der Waals surface area contributed by atoms with Gasteiger partial charge in [-0.05, 0) is 31.4 Å². The van der Waals surface area contributed by atoms with Crippen LogP contribution in [0, 0.1) is 0 Å². The highest BCUT2D eigenvalue weighted by Gasteiger charge is 2.26. The highest BCUT2D eigenvalue weighted by atomic mass is 35.5. The minimum Gasteiger partial charge on any atom is -0.482 e. The minimum absolute atomic E-state index is 0.0117. The van der Waals surface area contributed by atoms with E-state index in [-0.39, 0.29) is 25.2 Å². The summed E-state index contributed by atoms with van der Waals surface area (Å²) in [6.45, 7) is 0.661. The number of para-hydroxylation sites is 1. The van der Waals surface area contributed by atoms with Crippen molar-refractivity contribution in [3.8, 4) is 5.75 Å². The number of piperidine rings is 1. The van der Waals surface area contributed by atoms with E-state index in [4.69, 9.17) is 16.3 Å². The number of ether oxygens (including phenoxy) is 1. The Bertz CT molecular complexity index is 438. The van der Waals surface area contributed by atoms with E-state index in [1.807, 2.05) is 12.1 Å². The fourth-order valence-electron chi connectivity index (χ4n) is 2.30. The lowest BCUT2D eigenvalue weighted by molar-refractivity contribution is -0.138. The van der Waals surface area contributed by atoms with Crippen molar-refractivity contribution in [2.24, 2.45) is 0 Å². The van der Waals surface area contributed by atoms with Gasteiger partial charge >= 0.3 is 0 Å². The predicted molar refractivity (Wildman–Crippen MR) is 73.4 cm³/mol. The van der Waals surface area contributed by atoms with Crippen LogP contribution in [0.3, 0.4) is 0 Å². The summed E-state index contributed by atoms with van der Waals surface area (Å²) in [7, 11) is 0. The van der Waals surface area contributed by atoms with Crippen molar-refractivity contribution in [3.63, 3.8) is 0 Å². The molecule has 1 unspecified atom stereocenters. The first-order valence-electron chi connectivity index (χ1n) is 6.50. The van der Waals surface area contributed by atoms with E-state index in [2.05, 4.69) is 0 Å². The minimum atomic E-state index is -0.0985. The zero-order valence-corrected chi connectivity index (χ0v) is 11.5. The van der Waals surface area contributed by atoms with Crippen LogP contribution in [0.2, 0.25) is 5.02 Å². The molecule has 1 fully saturated rings. The van der Waals surface area contributed by atoms with Gasteiger partial charge in [-0.1, -0.05) is 23.7 Å². The predicted octanol–water partition coefficient (Wildman–Crippen LogP) is 2.09. The number of rotatable bonds is 4. The molecule has 19 heavy (non-hydrogen) atoms. The fourth-order valence-corrected chi connectivity index (χ4v) is 2.49. The average molecular weight is 284 g/mol. The molecule has 0 bridgehead atoms. The van der Waals surface area contributed by atoms with Gasteiger partial charge in [-0.25, -0.2) is 0 Å². The third-order valence-electron chi connectivity index (χ3n) is 3.35. The fraction of sp³-hybridized carbons (Fsp3) is 0.500. The van der Waals surface area contributed by atoms with Crippen molar-refractivity contribution < 1.29 is 14.6 Å². The number of benzene rings is 1. The number of hydrogen-bond acceptors (Lipinski definition) is 3. The average Bonchev–Trinajstić information content (AvgIpc) is 2.46. The van der Waals surface area contributed by atoms with Crippen molar-refractivity contribution >= 4 is 17.5 Å². The van der Waals surface area contributed by atoms with Gasteiger partial charge in [0.25, 0.3) is 5.91 Å². The normalized spacial score (nSPS) is 19.3. The van der Waals surface area contributed by atoms with Crippen LogP contribution in [-0.2, 0) is 4.79 Å². The summed E-state index contributed by atoms with van der Waals surface area (Å²) < 4.78 is 5.44. The Hall–Kier alpha value is -1.26. The van der Waals surface area contributed by atoms with E-state index in [0.29, 0.717) is 17.3 Å². The topological polar surface area (TPSA) is 49.8 Å². The van der Waals surface area contributed by atoms with Crippen LogP contribution in [0.15, 0.2) is 24.3 Å². The molecule has 0 radical (unpaired) electrons. The summed E-state index contributed by atoms with van der Waals surface area (Å²) in [5, 5.41) is 9.78. The Morgan fingerprint density at radius 1 is 1.42 bits per heavy atom. The molecule has 1 aliphatic rings. The number of carbonyl (C=O) groups excluding carboxylic acids is 1. The van der Waals surface area contributed by atoms with Gasteiger partial charge in [0.15, 0.2) is 6.61 Å². The van der Waals surface area contributed by atoms with Crippen molar-refractivity contribution in [2.45, 2.75) is 25.3 Å². The number of halogens is 1. The smallest absolute Gasteiger partial charge is 0.260 e. The van der Waals surface area contributed by atoms with Crippen molar-refractivity contribution in [2.75, 3.05) is 19.8 Å². The van der Waals surface area contributed by atoms with E-state index in [1.165, 1.54) is 0 Å². The molecule has 0 aliphatic carbocycles. The summed E-state index contributed by atoms with van der Waals surface area (Å²) in [4.78, 5) is 13.8. The molecular formula is C14H18ClNO3. The molecule has 2 rings (SSSR count). The maximum Gasteiger partial charge on any atom is 0.260 e. The molecule has 0 spiro atoms. The number of nitrogens with zero attached hydrogens (tertiary/aromatic N) is 1. The second kappa shape index (κ2) is 6.78. The molecule has 1 saturated heterocycles. The monoisotopic (exact) mass is 283 g/mol. The standard InChI is InChI=1S/C14H18ClNO3/c15-12-6-1-2-7-13(12)19-10-14(18)16-8-4-3-5-11(16)9-17/h1-2,6-7,11,17H,3-5,8-10H2. The number of likely N-dealkylation sites (tertiary alicyclic amines) is 1. The lowest BCUT2D eigenvalue weighted by Gasteiger charge is -2.34. The maximum atomic E-state index is 12.1. The van der Waals surface area contributed by atoms with Crippen LogP contribution < -0.4 is 4.74 Å². The Morgan fingerprint density at radius 3 is 2.95 bits per heavy atom. The Balaban J connectivity index is 1.92. The molecule has 1 amide bonds. The van der Waals surface area contributed by atoms with Crippen molar-refractivity contribution in [1.82, 2.24) is 4.90 Å². The molecule has 1 aliphatic heterocycles. The third-order valence-corrected chi connectivity index (χ3v) is 3.66. The summed E-state index contributed by atoms with van der Waals surface area (Å²) >= 11 is 5.96. The zero-order valence-electron chi connectivity index (χ0n) is 10.7. The van der Waals surface area contributed by atoms with E-state index in [1.54, 1.807) is 17.0 Å². The largest absolute Gasteiger partial charge is 0.482 e. The summed E-state index contributed by atoms with van der Waals surface area (Å²) in [6.07, 6.45) is 2.89. The number of carbonyl (C=O) groups is 1. The van der Waals surface area contributed by atoms with Gasteiger partial charge in [0, 0.05) is 6.54 Å². The molecule has 0 aromatic heterocycles. The van der Waals surface area contributed by atoms with E-state index < -0.39 is 0 Å². The first-order valence-corrected chi connectivity index (χ1v) is 6.88. The SMILES string of the molecule is O=C(COc1ccccc1Cl)N1CCCCC1CO. The van der Waals surface area contributed by atoms with Gasteiger partial charge in [-0.3, -0.25) is 4.79 Å². The second-order valence-corrected chi connectivity index (χ2v) is 5.05. The third kappa shape index (κ3) is 3.61. The van der Waals surface area contributed by atoms with Crippen LogP contribution in [0.25, 0.3) is 0 Å². The van der Waals surface area contributed by atoms with Gasteiger partial charge < -0.3 is 14.7 Å². The van der Waals surface area contributed by atoms with E-state index in [0.717, 1.165) is 19.3 Å². The van der Waals surface area contributed by atoms with E-state index in [9.17, 15) is 9.90 Å². The van der Waals surface area contributed by atoms with Gasteiger partial charge in [0.2, 0.25) is 0 Å². The molecule has 104 valence electrons. The molecule has 1 atom stereocenters. The quantitative estimate of drug-likeness (QED) is 0.920. The Labute approximate surface area is 117 Å². The molecule has 1 aromatic rings. The molecule has 0 saturated carbocycles. The number of amides is 1. The highest BCUT2D eigenvalue weighted by Crippen LogP contribution is 2.23. The van der Waals surface area contributed by atoms with Crippen LogP contribution >= 0.6 is 11.6 Å². The molecule has 1 aromatic carbocycles. The van der Waals surface area contributed by atoms with Gasteiger partial charge in [0.05, 0.1) is 17.7 Å². The van der Waals surface area contributed by atoms with Crippen molar-refractivity contribution in [1.29, 1.82) is 0 Å². The number of hydrogen-bond donors (Lipinski definition) is 1. The van der Waals surface area contributed by atoms with Gasteiger partial charge in [0.1, 0.15) is 5.75 Å². The summed E-state index contributed by atoms with van der Waals surface area (Å²) in [5.41, 5.74) is 0. The highest BCUT2D eigenvalue weighted by molar-refractivity contribution is 6.32. The molecule has 4 nitrogen and oxygen atoms in total. The van der Waals surface area contributed by atoms with E-state index >= 15 is 0 Å². The zero-order chi connectivity index (χ0) is 13.7. The molecule has 5 heteroatoms. The molecule has 1 N–H and O–H groups in total. The van der Waals surface area contributed by atoms with Gasteiger partial charge in [-0.15, -0.1) is 0 Å². The lowest BCUT2D eigenvalue weighted by atomic mass is 10.0. The van der Waals surface area contributed by atoms with Gasteiger partial charge in [-0.2, -0.15) is 0 Å². The van der Waals surface area contributed by atoms with Crippen molar-refractivity contribution in [3.05, 3.63) is 29.3 Å². The number of aliphatic hydroxyl groups is 1. The first kappa shape index (κ1) is 14.2. The second-order valence-electron chi connectivity index (χ2n) is 4.64. The first-order chi connectivity index (χ1) is 9.22. The van der Waals surface area contributed by atoms with Crippen LogP contribution in [-0.4, -0.2) is 41.7 Å². The van der Waals surface area contributed by atoms with Crippen LogP contribution in [0.4, 0.5) is 0 Å². The molecular weight excluding hydrogens is 266 g/mol. The van der Waals surface area contributed by atoms with Crippen LogP contribution in [0.1, 0.15) is 19.3 Å². The Kier molecular flexibility index (Phi) is 5.05.